The highest BCUT2D eigenvalue weighted by Crippen LogP contribution is 2.47. The molecule has 4 atom stereocenters. The summed E-state index contributed by atoms with van der Waals surface area (Å²) < 4.78 is 60.8. The minimum Gasteiger partial charge on any atom is -0.456 e. The highest BCUT2D eigenvalue weighted by Gasteiger charge is 2.55. The number of carbonyl (C=O) groups is 4. The third-order valence-corrected chi connectivity index (χ3v) is 9.09. The lowest BCUT2D eigenvalue weighted by Gasteiger charge is -2.33. The van der Waals surface area contributed by atoms with Gasteiger partial charge in [0.1, 0.15) is 24.4 Å². The maximum Gasteiger partial charge on any atom is 0.422 e. The molecule has 0 aromatic heterocycles. The Morgan fingerprint density at radius 2 is 1.60 bits per heavy atom. The lowest BCUT2D eigenvalue weighted by Crippen LogP contribution is -2.49. The standard InChI is InChI=1S/C39H37F3N2O9/c40-38(41,42)24-50-33(46)18-15-25-13-16-26(17-14-25)37(49)51-31-22-27(36(48)44-20-7-12-30(44)35(47)43-19-21-45)23-32-34(31)53-39(52-32,28-8-3-1-4-9-28)29-10-5-2-6-11-29/h1-6,8-11,13-18,23,30-32,34,45H,7,12,19-22,24H2,(H,43,47). The molecule has 3 aromatic rings. The van der Waals surface area contributed by atoms with Gasteiger partial charge in [-0.05, 0) is 42.7 Å². The Labute approximate surface area is 303 Å². The van der Waals surface area contributed by atoms with Gasteiger partial charge in [0.15, 0.2) is 6.61 Å². The lowest BCUT2D eigenvalue weighted by atomic mass is 9.91. The zero-order valence-corrected chi connectivity index (χ0v) is 28.4. The quantitative estimate of drug-likeness (QED) is 0.216. The van der Waals surface area contributed by atoms with Crippen molar-refractivity contribution in [3.05, 3.63) is 125 Å². The van der Waals surface area contributed by atoms with Crippen LogP contribution in [0.2, 0.25) is 0 Å². The van der Waals surface area contributed by atoms with E-state index < -0.39 is 60.8 Å². The number of benzene rings is 3. The van der Waals surface area contributed by atoms with E-state index in [2.05, 4.69) is 10.1 Å². The number of esters is 2. The van der Waals surface area contributed by atoms with Crippen LogP contribution < -0.4 is 5.32 Å². The number of ether oxygens (including phenoxy) is 4. The van der Waals surface area contributed by atoms with Crippen molar-refractivity contribution in [2.75, 3.05) is 26.3 Å². The molecule has 3 aromatic carbocycles. The predicted molar refractivity (Wildman–Crippen MR) is 183 cm³/mol. The molecule has 2 fully saturated rings. The number of aliphatic hydroxyl groups is 1. The van der Waals surface area contributed by atoms with Crippen LogP contribution in [0.3, 0.4) is 0 Å². The van der Waals surface area contributed by atoms with Crippen LogP contribution in [0.15, 0.2) is 103 Å². The molecule has 2 saturated heterocycles. The molecule has 0 saturated carbocycles. The van der Waals surface area contributed by atoms with Gasteiger partial charge in [0.05, 0.1) is 12.2 Å². The van der Waals surface area contributed by atoms with Crippen LogP contribution in [0.5, 0.6) is 0 Å². The second-order valence-electron chi connectivity index (χ2n) is 12.7. The van der Waals surface area contributed by atoms with Crippen LogP contribution >= 0.6 is 0 Å². The zero-order valence-electron chi connectivity index (χ0n) is 28.4. The monoisotopic (exact) mass is 734 g/mol. The molecule has 6 rings (SSSR count). The van der Waals surface area contributed by atoms with Crippen molar-refractivity contribution >= 4 is 29.8 Å². The number of aliphatic hydroxyl groups excluding tert-OH is 1. The fraction of sp³-hybridized carbons (Fsp3) is 0.333. The van der Waals surface area contributed by atoms with E-state index in [1.807, 2.05) is 60.7 Å². The molecule has 2 heterocycles. The topological polar surface area (TPSA) is 141 Å². The highest BCUT2D eigenvalue weighted by atomic mass is 19.4. The number of nitrogens with one attached hydrogen (secondary N) is 1. The first-order chi connectivity index (χ1) is 25.5. The number of halogens is 3. The maximum atomic E-state index is 14.1. The number of likely N-dealkylation sites (tertiary alicyclic amines) is 1. The van der Waals surface area contributed by atoms with Crippen LogP contribution in [-0.2, 0) is 39.1 Å². The molecule has 0 bridgehead atoms. The van der Waals surface area contributed by atoms with E-state index in [0.717, 1.165) is 6.08 Å². The molecule has 0 radical (unpaired) electrons. The molecule has 4 unspecified atom stereocenters. The smallest absolute Gasteiger partial charge is 0.422 e. The number of fused-ring (bicyclic) bond motifs is 1. The van der Waals surface area contributed by atoms with E-state index in [1.165, 1.54) is 35.2 Å². The Bertz CT molecular complexity index is 1810. The average molecular weight is 735 g/mol. The number of carbonyl (C=O) groups excluding carboxylic acids is 4. The second kappa shape index (κ2) is 16.1. The summed E-state index contributed by atoms with van der Waals surface area (Å²) in [4.78, 5) is 53.8. The van der Waals surface area contributed by atoms with Crippen molar-refractivity contribution < 1.29 is 56.4 Å². The number of hydrogen-bond donors (Lipinski definition) is 2. The molecule has 3 aliphatic rings. The summed E-state index contributed by atoms with van der Waals surface area (Å²) in [6.45, 7) is -1.56. The van der Waals surface area contributed by atoms with Gasteiger partial charge in [0.25, 0.3) is 0 Å². The predicted octanol–water partition coefficient (Wildman–Crippen LogP) is 4.45. The first-order valence-electron chi connectivity index (χ1n) is 17.1. The molecule has 2 amide bonds. The van der Waals surface area contributed by atoms with Crippen molar-refractivity contribution in [2.45, 2.75) is 55.6 Å². The molecule has 0 spiro atoms. The summed E-state index contributed by atoms with van der Waals surface area (Å²) in [5, 5.41) is 11.8. The van der Waals surface area contributed by atoms with Crippen molar-refractivity contribution in [2.24, 2.45) is 0 Å². The summed E-state index contributed by atoms with van der Waals surface area (Å²) in [6.07, 6.45) is -2.61. The van der Waals surface area contributed by atoms with E-state index in [0.29, 0.717) is 36.1 Å². The van der Waals surface area contributed by atoms with Crippen LogP contribution in [0.1, 0.15) is 46.3 Å². The SMILES string of the molecule is O=C(C=Cc1ccc(C(=O)OC2CC(C(=O)N3CCCC3C(=O)NCCO)=CC3OC(c4ccccc4)(c4ccccc4)OC32)cc1)OCC(F)(F)F. The lowest BCUT2D eigenvalue weighted by molar-refractivity contribution is -0.182. The summed E-state index contributed by atoms with van der Waals surface area (Å²) in [5.74, 6) is -4.12. The van der Waals surface area contributed by atoms with Gasteiger partial charge in [-0.15, -0.1) is 0 Å². The summed E-state index contributed by atoms with van der Waals surface area (Å²) in [6, 6.07) is 23.6. The van der Waals surface area contributed by atoms with Crippen molar-refractivity contribution in [3.63, 3.8) is 0 Å². The van der Waals surface area contributed by atoms with Gasteiger partial charge >= 0.3 is 18.1 Å². The third kappa shape index (κ3) is 8.67. The first kappa shape index (κ1) is 37.4. The van der Waals surface area contributed by atoms with E-state index in [9.17, 15) is 37.5 Å². The number of alkyl halides is 3. The molecular formula is C39H37F3N2O9. The molecule has 53 heavy (non-hydrogen) atoms. The highest BCUT2D eigenvalue weighted by molar-refractivity contribution is 5.98. The number of nitrogens with zero attached hydrogens (tertiary/aromatic N) is 1. The summed E-state index contributed by atoms with van der Waals surface area (Å²) in [7, 11) is 0. The van der Waals surface area contributed by atoms with E-state index >= 15 is 0 Å². The Balaban J connectivity index is 1.27. The van der Waals surface area contributed by atoms with Gasteiger partial charge in [-0.3, -0.25) is 9.59 Å². The van der Waals surface area contributed by atoms with E-state index in [-0.39, 0.29) is 36.6 Å². The van der Waals surface area contributed by atoms with Gasteiger partial charge in [-0.1, -0.05) is 72.8 Å². The Morgan fingerprint density at radius 3 is 2.23 bits per heavy atom. The summed E-state index contributed by atoms with van der Waals surface area (Å²) >= 11 is 0. The van der Waals surface area contributed by atoms with Crippen LogP contribution in [0, 0.1) is 0 Å². The molecule has 14 heteroatoms. The first-order valence-corrected chi connectivity index (χ1v) is 17.1. The molecule has 11 nitrogen and oxygen atoms in total. The number of amides is 2. The van der Waals surface area contributed by atoms with Crippen LogP contribution in [-0.4, -0.2) is 90.6 Å². The van der Waals surface area contributed by atoms with Crippen LogP contribution in [0.4, 0.5) is 13.2 Å². The Hall–Kier alpha value is -5.31. The fourth-order valence-corrected chi connectivity index (χ4v) is 6.65. The minimum atomic E-state index is -4.65. The number of hydrogen-bond acceptors (Lipinski definition) is 9. The third-order valence-electron chi connectivity index (χ3n) is 9.09. The van der Waals surface area contributed by atoms with Crippen molar-refractivity contribution in [3.8, 4) is 0 Å². The molecular weight excluding hydrogens is 697 g/mol. The molecule has 1 aliphatic carbocycles. The molecule has 278 valence electrons. The van der Waals surface area contributed by atoms with Gasteiger partial charge in [0, 0.05) is 42.3 Å². The second-order valence-corrected chi connectivity index (χ2v) is 12.7. The molecule has 2 N–H and O–H groups in total. The largest absolute Gasteiger partial charge is 0.456 e. The Kier molecular flexibility index (Phi) is 11.4. The minimum absolute atomic E-state index is 0.0445. The van der Waals surface area contributed by atoms with Gasteiger partial charge in [0.2, 0.25) is 17.6 Å². The van der Waals surface area contributed by atoms with Gasteiger partial charge in [-0.25, -0.2) is 9.59 Å². The summed E-state index contributed by atoms with van der Waals surface area (Å²) in [5.41, 5.74) is 2.17. The van der Waals surface area contributed by atoms with Gasteiger partial charge in [-0.2, -0.15) is 13.2 Å². The zero-order chi connectivity index (χ0) is 37.6. The van der Waals surface area contributed by atoms with Crippen LogP contribution in [0.25, 0.3) is 6.08 Å². The fourth-order valence-electron chi connectivity index (χ4n) is 6.65. The van der Waals surface area contributed by atoms with E-state index in [4.69, 9.17) is 14.2 Å². The maximum absolute atomic E-state index is 14.1. The Morgan fingerprint density at radius 1 is 0.943 bits per heavy atom. The number of rotatable bonds is 11. The average Bonchev–Trinajstić information content (AvgIpc) is 3.82. The van der Waals surface area contributed by atoms with Crippen molar-refractivity contribution in [1.29, 1.82) is 0 Å². The van der Waals surface area contributed by atoms with E-state index in [1.54, 1.807) is 6.08 Å². The van der Waals surface area contributed by atoms with Crippen molar-refractivity contribution in [1.82, 2.24) is 10.2 Å². The van der Waals surface area contributed by atoms with Gasteiger partial charge < -0.3 is 34.3 Å². The molecule has 2 aliphatic heterocycles. The normalized spacial score (nSPS) is 22.2.